The van der Waals surface area contributed by atoms with E-state index in [9.17, 15) is 4.79 Å². The highest BCUT2D eigenvalue weighted by molar-refractivity contribution is 9.10. The molecule has 1 amide bonds. The average molecular weight is 369 g/mol. The molecule has 1 aromatic heterocycles. The molecule has 3 nitrogen and oxygen atoms in total. The minimum Gasteiger partial charge on any atom is -0.397 e. The van der Waals surface area contributed by atoms with Crippen molar-refractivity contribution in [2.24, 2.45) is 0 Å². The molecule has 0 atom stereocenters. The van der Waals surface area contributed by atoms with Crippen molar-refractivity contribution in [2.75, 3.05) is 23.8 Å². The number of anilines is 1. The third kappa shape index (κ3) is 3.48. The Kier molecular flexibility index (Phi) is 5.35. The highest BCUT2D eigenvalue weighted by Crippen LogP contribution is 2.35. The number of benzene rings is 1. The van der Waals surface area contributed by atoms with Crippen LogP contribution in [0.3, 0.4) is 0 Å². The van der Waals surface area contributed by atoms with E-state index in [-0.39, 0.29) is 5.91 Å². The first kappa shape index (κ1) is 15.2. The Hall–Kier alpha value is -1.16. The van der Waals surface area contributed by atoms with Crippen LogP contribution in [0.5, 0.6) is 0 Å². The molecule has 0 spiro atoms. The molecule has 0 aliphatic carbocycles. The summed E-state index contributed by atoms with van der Waals surface area (Å²) in [6.45, 7) is 0.586. The van der Waals surface area contributed by atoms with E-state index in [1.54, 1.807) is 11.8 Å². The Morgan fingerprint density at radius 2 is 2.35 bits per heavy atom. The number of fused-ring (bicyclic) bond motifs is 1. The number of carbonyl (C=O) groups is 1. The van der Waals surface area contributed by atoms with Gasteiger partial charge in [-0.1, -0.05) is 21.9 Å². The molecule has 104 valence electrons. The van der Waals surface area contributed by atoms with Crippen molar-refractivity contribution in [1.29, 1.82) is 0 Å². The standard InChI is InChI=1S/C14H13BrN2OS2/c1-2-6-19-7-5-17-14(18)13-12(16)10-8-9(15)3-4-11(10)20-13/h1,3-4,8H,5-7,16H2,(H,17,18). The van der Waals surface area contributed by atoms with Crippen LogP contribution in [-0.4, -0.2) is 24.0 Å². The van der Waals surface area contributed by atoms with Gasteiger partial charge in [-0.2, -0.15) is 0 Å². The van der Waals surface area contributed by atoms with Crippen molar-refractivity contribution in [3.63, 3.8) is 0 Å². The normalized spacial score (nSPS) is 10.4. The predicted molar refractivity (Wildman–Crippen MR) is 92.4 cm³/mol. The largest absolute Gasteiger partial charge is 0.397 e. The maximum atomic E-state index is 12.1. The number of thiophene rings is 1. The quantitative estimate of drug-likeness (QED) is 0.628. The summed E-state index contributed by atoms with van der Waals surface area (Å²) in [7, 11) is 0. The van der Waals surface area contributed by atoms with Crippen molar-refractivity contribution in [2.45, 2.75) is 0 Å². The topological polar surface area (TPSA) is 55.1 Å². The van der Waals surface area contributed by atoms with Gasteiger partial charge in [0.25, 0.3) is 5.91 Å². The van der Waals surface area contributed by atoms with E-state index >= 15 is 0 Å². The molecular formula is C14H13BrN2OS2. The second-order valence-corrected chi connectivity index (χ2v) is 7.07. The van der Waals surface area contributed by atoms with Gasteiger partial charge in [0.15, 0.2) is 0 Å². The second kappa shape index (κ2) is 7.02. The zero-order chi connectivity index (χ0) is 14.5. The van der Waals surface area contributed by atoms with Gasteiger partial charge in [-0.25, -0.2) is 0 Å². The van der Waals surface area contributed by atoms with Crippen LogP contribution in [0.1, 0.15) is 9.67 Å². The minimum atomic E-state index is -0.124. The Balaban J connectivity index is 2.07. The number of nitrogen functional groups attached to an aromatic ring is 1. The number of amides is 1. The van der Waals surface area contributed by atoms with Crippen LogP contribution in [0.25, 0.3) is 10.1 Å². The molecule has 0 bridgehead atoms. The molecular weight excluding hydrogens is 356 g/mol. The van der Waals surface area contributed by atoms with E-state index in [4.69, 9.17) is 12.2 Å². The Morgan fingerprint density at radius 3 is 3.10 bits per heavy atom. The van der Waals surface area contributed by atoms with E-state index in [2.05, 4.69) is 27.2 Å². The van der Waals surface area contributed by atoms with Gasteiger partial charge in [-0.05, 0) is 18.2 Å². The molecule has 20 heavy (non-hydrogen) atoms. The summed E-state index contributed by atoms with van der Waals surface area (Å²) in [6.07, 6.45) is 5.16. The highest BCUT2D eigenvalue weighted by Gasteiger charge is 2.15. The molecule has 0 saturated carbocycles. The van der Waals surface area contributed by atoms with Gasteiger partial charge in [0.2, 0.25) is 0 Å². The summed E-state index contributed by atoms with van der Waals surface area (Å²) < 4.78 is 1.96. The summed E-state index contributed by atoms with van der Waals surface area (Å²) in [5.41, 5.74) is 6.60. The van der Waals surface area contributed by atoms with Crippen LogP contribution >= 0.6 is 39.0 Å². The lowest BCUT2D eigenvalue weighted by Gasteiger charge is -2.03. The molecule has 0 aliphatic rings. The maximum Gasteiger partial charge on any atom is 0.263 e. The summed E-state index contributed by atoms with van der Waals surface area (Å²) in [6, 6.07) is 5.83. The zero-order valence-electron chi connectivity index (χ0n) is 10.6. The first-order chi connectivity index (χ1) is 9.63. The van der Waals surface area contributed by atoms with Crippen molar-refractivity contribution >= 4 is 60.7 Å². The molecule has 3 N–H and O–H groups in total. The van der Waals surface area contributed by atoms with Gasteiger partial charge < -0.3 is 11.1 Å². The van der Waals surface area contributed by atoms with Gasteiger partial charge in [0.1, 0.15) is 4.88 Å². The van der Waals surface area contributed by atoms with Crippen LogP contribution in [0.15, 0.2) is 22.7 Å². The highest BCUT2D eigenvalue weighted by atomic mass is 79.9. The van der Waals surface area contributed by atoms with Crippen molar-refractivity contribution in [3.05, 3.63) is 27.5 Å². The Morgan fingerprint density at radius 1 is 1.55 bits per heavy atom. The van der Waals surface area contributed by atoms with Crippen LogP contribution in [0, 0.1) is 12.3 Å². The van der Waals surface area contributed by atoms with E-state index in [0.29, 0.717) is 22.9 Å². The van der Waals surface area contributed by atoms with Crippen LogP contribution < -0.4 is 11.1 Å². The lowest BCUT2D eigenvalue weighted by molar-refractivity contribution is 0.0961. The zero-order valence-corrected chi connectivity index (χ0v) is 13.8. The van der Waals surface area contributed by atoms with Crippen LogP contribution in [0.2, 0.25) is 0 Å². The van der Waals surface area contributed by atoms with Gasteiger partial charge in [-0.3, -0.25) is 4.79 Å². The summed E-state index contributed by atoms with van der Waals surface area (Å²) in [5.74, 6) is 3.88. The fourth-order valence-corrected chi connectivity index (χ4v) is 3.59. The van der Waals surface area contributed by atoms with Crippen molar-refractivity contribution in [1.82, 2.24) is 5.32 Å². The lowest BCUT2D eigenvalue weighted by atomic mass is 10.2. The van der Waals surface area contributed by atoms with E-state index in [1.807, 2.05) is 18.2 Å². The Bertz CT molecular complexity index is 676. The number of carbonyl (C=O) groups excluding carboxylic acids is 1. The van der Waals surface area contributed by atoms with Gasteiger partial charge in [0.05, 0.1) is 11.4 Å². The number of halogens is 1. The summed E-state index contributed by atoms with van der Waals surface area (Å²) in [5, 5.41) is 3.78. The molecule has 2 aromatic rings. The summed E-state index contributed by atoms with van der Waals surface area (Å²) >= 11 is 6.44. The number of thioether (sulfide) groups is 1. The predicted octanol–water partition coefficient (Wildman–Crippen LogP) is 3.34. The number of hydrogen-bond donors (Lipinski definition) is 2. The van der Waals surface area contributed by atoms with Crippen molar-refractivity contribution < 1.29 is 4.79 Å². The average Bonchev–Trinajstić information content (AvgIpc) is 2.76. The number of hydrogen-bond acceptors (Lipinski definition) is 4. The Labute approximate surface area is 134 Å². The SMILES string of the molecule is C#CCSCCNC(=O)c1sc2ccc(Br)cc2c1N. The first-order valence-corrected chi connectivity index (χ1v) is 8.67. The fraction of sp³-hybridized carbons (Fsp3) is 0.214. The van der Waals surface area contributed by atoms with Crippen LogP contribution in [-0.2, 0) is 0 Å². The molecule has 1 aromatic carbocycles. The molecule has 0 aliphatic heterocycles. The van der Waals surface area contributed by atoms with Gasteiger partial charge in [0, 0.05) is 26.9 Å². The van der Waals surface area contributed by atoms with E-state index in [1.165, 1.54) is 11.3 Å². The minimum absolute atomic E-state index is 0.124. The van der Waals surface area contributed by atoms with Gasteiger partial charge >= 0.3 is 0 Å². The van der Waals surface area contributed by atoms with E-state index < -0.39 is 0 Å². The van der Waals surface area contributed by atoms with Gasteiger partial charge in [-0.15, -0.1) is 29.5 Å². The molecule has 0 saturated heterocycles. The van der Waals surface area contributed by atoms with Crippen LogP contribution in [0.4, 0.5) is 5.69 Å². The number of rotatable bonds is 5. The fourth-order valence-electron chi connectivity index (χ4n) is 1.71. The third-order valence-electron chi connectivity index (χ3n) is 2.61. The molecule has 0 fully saturated rings. The van der Waals surface area contributed by atoms with E-state index in [0.717, 1.165) is 20.3 Å². The number of nitrogens with one attached hydrogen (secondary N) is 1. The summed E-state index contributed by atoms with van der Waals surface area (Å²) in [4.78, 5) is 12.7. The lowest BCUT2D eigenvalue weighted by Crippen LogP contribution is -2.25. The maximum absolute atomic E-state index is 12.1. The van der Waals surface area contributed by atoms with Crippen molar-refractivity contribution in [3.8, 4) is 12.3 Å². The third-order valence-corrected chi connectivity index (χ3v) is 5.15. The monoisotopic (exact) mass is 368 g/mol. The first-order valence-electron chi connectivity index (χ1n) is 5.90. The molecule has 0 unspecified atom stereocenters. The number of terminal acetylenes is 1. The molecule has 6 heteroatoms. The second-order valence-electron chi connectivity index (χ2n) is 4.00. The number of nitrogens with two attached hydrogens (primary N) is 1. The molecule has 2 rings (SSSR count). The molecule has 1 heterocycles. The molecule has 0 radical (unpaired) electrons. The smallest absolute Gasteiger partial charge is 0.263 e.